The van der Waals surface area contributed by atoms with Crippen molar-refractivity contribution >= 4 is 11.6 Å². The monoisotopic (exact) mass is 296 g/mol. The number of aromatic nitrogens is 2. The van der Waals surface area contributed by atoms with Gasteiger partial charge in [0.25, 0.3) is 0 Å². The first-order chi connectivity index (χ1) is 9.99. The number of nitrogens with one attached hydrogen (secondary N) is 1. The molecule has 0 unspecified atom stereocenters. The first-order valence-electron chi connectivity index (χ1n) is 6.75. The largest absolute Gasteiger partial charge is 0.350 e. The van der Waals surface area contributed by atoms with E-state index in [0.717, 1.165) is 36.4 Å². The highest BCUT2D eigenvalue weighted by Gasteiger charge is 2.19. The lowest BCUT2D eigenvalue weighted by Gasteiger charge is -2.20. The summed E-state index contributed by atoms with van der Waals surface area (Å²) < 4.78 is 0.868. The van der Waals surface area contributed by atoms with Crippen molar-refractivity contribution in [1.82, 2.24) is 14.5 Å². The van der Waals surface area contributed by atoms with E-state index in [9.17, 15) is 24.5 Å². The van der Waals surface area contributed by atoms with Gasteiger partial charge in [-0.05, 0) is 12.8 Å². The minimum absolute atomic E-state index is 0.277. The zero-order valence-corrected chi connectivity index (χ0v) is 11.4. The van der Waals surface area contributed by atoms with Gasteiger partial charge in [-0.15, -0.1) is 0 Å². The number of rotatable bonds is 3. The molecule has 9 heteroatoms. The molecule has 0 aliphatic carbocycles. The SMILES string of the molecule is O=C(Cn1cc([N+](=O)[O-])c(=O)[nH]c1=O)N1CCCCCC1. The molecule has 9 nitrogen and oxygen atoms in total. The quantitative estimate of drug-likeness (QED) is 0.614. The highest BCUT2D eigenvalue weighted by Crippen LogP contribution is 2.10. The van der Waals surface area contributed by atoms with Crippen LogP contribution in [0.25, 0.3) is 0 Å². The molecule has 1 aromatic rings. The maximum Gasteiger partial charge on any atom is 0.350 e. The maximum atomic E-state index is 12.1. The number of likely N-dealkylation sites (tertiary alicyclic amines) is 1. The minimum Gasteiger partial charge on any atom is -0.341 e. The lowest BCUT2D eigenvalue weighted by Crippen LogP contribution is -2.39. The molecule has 1 saturated heterocycles. The van der Waals surface area contributed by atoms with E-state index in [4.69, 9.17) is 0 Å². The molecule has 2 rings (SSSR count). The smallest absolute Gasteiger partial charge is 0.341 e. The van der Waals surface area contributed by atoms with Crippen molar-refractivity contribution in [3.05, 3.63) is 37.1 Å². The summed E-state index contributed by atoms with van der Waals surface area (Å²) in [6, 6.07) is 0. The molecule has 1 aromatic heterocycles. The van der Waals surface area contributed by atoms with E-state index in [-0.39, 0.29) is 12.5 Å². The summed E-state index contributed by atoms with van der Waals surface area (Å²) in [5.41, 5.74) is -2.64. The first kappa shape index (κ1) is 14.9. The summed E-state index contributed by atoms with van der Waals surface area (Å²) in [7, 11) is 0. The fraction of sp³-hybridized carbons (Fsp3) is 0.583. The standard InChI is InChI=1S/C12H16N4O5/c17-10(14-5-3-1-2-4-6-14)8-15-7-9(16(20)21)11(18)13-12(15)19/h7H,1-6,8H2,(H,13,18,19). The number of nitro groups is 1. The second-order valence-electron chi connectivity index (χ2n) is 4.95. The van der Waals surface area contributed by atoms with Crippen molar-refractivity contribution in [3.8, 4) is 0 Å². The van der Waals surface area contributed by atoms with Crippen LogP contribution in [0.1, 0.15) is 25.7 Å². The number of carbonyl (C=O) groups excluding carboxylic acids is 1. The molecule has 1 amide bonds. The fourth-order valence-corrected chi connectivity index (χ4v) is 2.31. The molecule has 1 fully saturated rings. The minimum atomic E-state index is -1.07. The molecular formula is C12H16N4O5. The van der Waals surface area contributed by atoms with Gasteiger partial charge >= 0.3 is 16.9 Å². The summed E-state index contributed by atoms with van der Waals surface area (Å²) in [5, 5.41) is 10.7. The Morgan fingerprint density at radius 1 is 1.24 bits per heavy atom. The highest BCUT2D eigenvalue weighted by molar-refractivity contribution is 5.76. The van der Waals surface area contributed by atoms with Gasteiger partial charge in [0.05, 0.1) is 11.1 Å². The van der Waals surface area contributed by atoms with Gasteiger partial charge in [0.2, 0.25) is 5.91 Å². The van der Waals surface area contributed by atoms with Gasteiger partial charge < -0.3 is 4.90 Å². The number of carbonyl (C=O) groups is 1. The predicted octanol–water partition coefficient (Wildman–Crippen LogP) is -0.153. The van der Waals surface area contributed by atoms with Crippen LogP contribution in [0.5, 0.6) is 0 Å². The van der Waals surface area contributed by atoms with Crippen molar-refractivity contribution in [3.63, 3.8) is 0 Å². The molecular weight excluding hydrogens is 280 g/mol. The Morgan fingerprint density at radius 3 is 2.43 bits per heavy atom. The predicted molar refractivity (Wildman–Crippen MR) is 73.0 cm³/mol. The molecule has 1 aliphatic heterocycles. The van der Waals surface area contributed by atoms with Crippen LogP contribution in [-0.4, -0.2) is 38.4 Å². The lowest BCUT2D eigenvalue weighted by atomic mass is 10.2. The van der Waals surface area contributed by atoms with E-state index in [0.29, 0.717) is 13.1 Å². The topological polar surface area (TPSA) is 118 Å². The van der Waals surface area contributed by atoms with Crippen molar-refractivity contribution in [2.24, 2.45) is 0 Å². The summed E-state index contributed by atoms with van der Waals surface area (Å²) in [4.78, 5) is 48.3. The number of nitrogens with zero attached hydrogens (tertiary/aromatic N) is 3. The number of hydrogen-bond donors (Lipinski definition) is 1. The first-order valence-corrected chi connectivity index (χ1v) is 6.75. The molecule has 0 atom stereocenters. The summed E-state index contributed by atoms with van der Waals surface area (Å²) in [5.74, 6) is -0.277. The molecule has 1 aliphatic rings. The molecule has 0 bridgehead atoms. The van der Waals surface area contributed by atoms with Gasteiger partial charge in [0.1, 0.15) is 6.54 Å². The van der Waals surface area contributed by atoms with E-state index >= 15 is 0 Å². The third kappa shape index (κ3) is 3.56. The van der Waals surface area contributed by atoms with Crippen LogP contribution in [-0.2, 0) is 11.3 Å². The van der Waals surface area contributed by atoms with Crippen molar-refractivity contribution in [2.75, 3.05) is 13.1 Å². The maximum absolute atomic E-state index is 12.1. The van der Waals surface area contributed by atoms with E-state index in [1.54, 1.807) is 4.90 Å². The molecule has 0 spiro atoms. The Morgan fingerprint density at radius 2 is 1.86 bits per heavy atom. The van der Waals surface area contributed by atoms with Crippen LogP contribution in [0.4, 0.5) is 5.69 Å². The van der Waals surface area contributed by atoms with Gasteiger partial charge in [-0.1, -0.05) is 12.8 Å². The fourth-order valence-electron chi connectivity index (χ4n) is 2.31. The van der Waals surface area contributed by atoms with Crippen LogP contribution >= 0.6 is 0 Å². The summed E-state index contributed by atoms with van der Waals surface area (Å²) in [6.07, 6.45) is 4.76. The molecule has 114 valence electrons. The Hall–Kier alpha value is -2.45. The van der Waals surface area contributed by atoms with E-state index < -0.39 is 21.9 Å². The third-order valence-corrected chi connectivity index (χ3v) is 3.45. The highest BCUT2D eigenvalue weighted by atomic mass is 16.6. The molecule has 21 heavy (non-hydrogen) atoms. The second-order valence-corrected chi connectivity index (χ2v) is 4.95. The van der Waals surface area contributed by atoms with Gasteiger partial charge in [-0.25, -0.2) is 4.79 Å². The van der Waals surface area contributed by atoms with E-state index in [1.807, 2.05) is 4.98 Å². The van der Waals surface area contributed by atoms with Crippen LogP contribution in [0.2, 0.25) is 0 Å². The normalized spacial score (nSPS) is 15.5. The number of aromatic amines is 1. The Bertz CT molecular complexity index is 654. The molecule has 0 aromatic carbocycles. The average Bonchev–Trinajstić information content (AvgIpc) is 2.70. The van der Waals surface area contributed by atoms with Crippen LogP contribution in [0.3, 0.4) is 0 Å². The van der Waals surface area contributed by atoms with E-state index in [2.05, 4.69) is 0 Å². The molecule has 2 heterocycles. The molecule has 0 saturated carbocycles. The Labute approximate surface area is 119 Å². The van der Waals surface area contributed by atoms with Crippen molar-refractivity contribution < 1.29 is 9.72 Å². The number of amides is 1. The number of H-pyrrole nitrogens is 1. The van der Waals surface area contributed by atoms with Gasteiger partial charge in [-0.2, -0.15) is 0 Å². The van der Waals surface area contributed by atoms with Gasteiger partial charge in [-0.3, -0.25) is 29.3 Å². The van der Waals surface area contributed by atoms with Crippen molar-refractivity contribution in [1.29, 1.82) is 0 Å². The third-order valence-electron chi connectivity index (χ3n) is 3.45. The average molecular weight is 296 g/mol. The zero-order valence-electron chi connectivity index (χ0n) is 11.4. The van der Waals surface area contributed by atoms with Crippen LogP contribution in [0.15, 0.2) is 15.8 Å². The summed E-state index contributed by atoms with van der Waals surface area (Å²) >= 11 is 0. The molecule has 0 radical (unpaired) electrons. The van der Waals surface area contributed by atoms with E-state index in [1.165, 1.54) is 0 Å². The lowest BCUT2D eigenvalue weighted by molar-refractivity contribution is -0.386. The summed E-state index contributed by atoms with van der Waals surface area (Å²) in [6.45, 7) is 0.939. The number of hydrogen-bond acceptors (Lipinski definition) is 5. The van der Waals surface area contributed by atoms with Crippen LogP contribution < -0.4 is 11.2 Å². The second kappa shape index (κ2) is 6.33. The Kier molecular flexibility index (Phi) is 4.51. The zero-order chi connectivity index (χ0) is 15.4. The van der Waals surface area contributed by atoms with Crippen molar-refractivity contribution in [2.45, 2.75) is 32.2 Å². The molecule has 1 N–H and O–H groups in total. The Balaban J connectivity index is 2.20. The van der Waals surface area contributed by atoms with Gasteiger partial charge in [0, 0.05) is 13.1 Å². The van der Waals surface area contributed by atoms with Gasteiger partial charge in [0.15, 0.2) is 0 Å². The van der Waals surface area contributed by atoms with Crippen LogP contribution in [0, 0.1) is 10.1 Å².